The third kappa shape index (κ3) is 4.33. The van der Waals surface area contributed by atoms with Crippen molar-refractivity contribution < 1.29 is 8.42 Å². The highest BCUT2D eigenvalue weighted by Gasteiger charge is 2.07. The Morgan fingerprint density at radius 2 is 1.62 bits per heavy atom. The minimum Gasteiger partial charge on any atom is -0.261 e. The van der Waals surface area contributed by atoms with Crippen LogP contribution in [0.15, 0.2) is 82.9 Å². The van der Waals surface area contributed by atoms with Crippen LogP contribution >= 0.6 is 0 Å². The lowest BCUT2D eigenvalue weighted by Gasteiger charge is -2.06. The Morgan fingerprint density at radius 1 is 0.962 bits per heavy atom. The third-order valence-electron chi connectivity index (χ3n) is 3.81. The van der Waals surface area contributed by atoms with Crippen molar-refractivity contribution in [3.05, 3.63) is 78.5 Å². The molecule has 132 valence electrons. The normalized spacial score (nSPS) is 12.0. The van der Waals surface area contributed by atoms with Crippen molar-refractivity contribution in [1.82, 2.24) is 4.98 Å². The van der Waals surface area contributed by atoms with Crippen molar-refractivity contribution in [3.8, 4) is 11.1 Å². The molecule has 0 aliphatic heterocycles. The molecular weight excluding hydrogens is 348 g/mol. The molecule has 1 heterocycles. The van der Waals surface area contributed by atoms with Crippen LogP contribution in [0.5, 0.6) is 0 Å². The molecule has 0 unspecified atom stereocenters. The van der Waals surface area contributed by atoms with Gasteiger partial charge in [0.1, 0.15) is 10.7 Å². The van der Waals surface area contributed by atoms with Gasteiger partial charge in [0.25, 0.3) is 0 Å². The van der Waals surface area contributed by atoms with E-state index in [0.29, 0.717) is 5.82 Å². The third-order valence-corrected chi connectivity index (χ3v) is 4.71. The highest BCUT2D eigenvalue weighted by molar-refractivity contribution is 7.89. The molecule has 0 saturated carbocycles. The summed E-state index contributed by atoms with van der Waals surface area (Å²) in [6.45, 7) is 1.88. The van der Waals surface area contributed by atoms with E-state index in [4.69, 9.17) is 5.14 Å². The lowest BCUT2D eigenvalue weighted by molar-refractivity contribution is 0.597. The molecular formula is C19H18N4O2S. The highest BCUT2D eigenvalue weighted by atomic mass is 32.2. The van der Waals surface area contributed by atoms with Crippen LogP contribution in [0.3, 0.4) is 0 Å². The number of nitrogens with one attached hydrogen (secondary N) is 1. The quantitative estimate of drug-likeness (QED) is 0.535. The molecule has 7 heteroatoms. The summed E-state index contributed by atoms with van der Waals surface area (Å²) < 4.78 is 22.4. The van der Waals surface area contributed by atoms with Gasteiger partial charge in [0.05, 0.1) is 5.71 Å². The summed E-state index contributed by atoms with van der Waals surface area (Å²) in [5.74, 6) is 0.428. The van der Waals surface area contributed by atoms with Crippen LogP contribution < -0.4 is 10.6 Å². The van der Waals surface area contributed by atoms with Crippen LogP contribution in [0.4, 0.5) is 5.82 Å². The molecule has 0 atom stereocenters. The number of anilines is 1. The second-order valence-corrected chi connectivity index (χ2v) is 7.24. The predicted octanol–water partition coefficient (Wildman–Crippen LogP) is 3.23. The summed E-state index contributed by atoms with van der Waals surface area (Å²) >= 11 is 0. The Bertz CT molecular complexity index is 1010. The second kappa shape index (κ2) is 7.47. The number of pyridine rings is 1. The lowest BCUT2D eigenvalue weighted by Crippen LogP contribution is -2.12. The topological polar surface area (TPSA) is 97.4 Å². The van der Waals surface area contributed by atoms with E-state index < -0.39 is 10.0 Å². The predicted molar refractivity (Wildman–Crippen MR) is 103 cm³/mol. The molecule has 0 fully saturated rings. The first kappa shape index (κ1) is 17.8. The van der Waals surface area contributed by atoms with Crippen LogP contribution in [0.25, 0.3) is 11.1 Å². The molecule has 3 N–H and O–H groups in total. The summed E-state index contributed by atoms with van der Waals surface area (Å²) in [6.07, 6.45) is 1.19. The van der Waals surface area contributed by atoms with E-state index in [9.17, 15) is 8.42 Å². The molecule has 0 bridgehead atoms. The van der Waals surface area contributed by atoms with E-state index in [0.717, 1.165) is 22.4 Å². The van der Waals surface area contributed by atoms with Crippen molar-refractivity contribution in [2.45, 2.75) is 11.8 Å². The zero-order valence-electron chi connectivity index (χ0n) is 14.1. The standard InChI is InChI=1S/C19H18N4O2S/c1-14(22-23-19-12-11-18(13-21-19)26(20,24)25)15-7-9-17(10-8-15)16-5-3-2-4-6-16/h2-13H,1H3,(H,21,23)(H2,20,24,25)/b22-14+. The van der Waals surface area contributed by atoms with Crippen LogP contribution in [-0.4, -0.2) is 19.1 Å². The van der Waals surface area contributed by atoms with Crippen LogP contribution in [0.1, 0.15) is 12.5 Å². The van der Waals surface area contributed by atoms with Gasteiger partial charge >= 0.3 is 0 Å². The highest BCUT2D eigenvalue weighted by Crippen LogP contribution is 2.19. The average Bonchev–Trinajstić information content (AvgIpc) is 2.66. The number of nitrogens with zero attached hydrogens (tertiary/aromatic N) is 2. The number of hydrogen-bond acceptors (Lipinski definition) is 5. The van der Waals surface area contributed by atoms with E-state index in [1.165, 1.54) is 18.3 Å². The van der Waals surface area contributed by atoms with E-state index >= 15 is 0 Å². The summed E-state index contributed by atoms with van der Waals surface area (Å²) in [5.41, 5.74) is 6.85. The Balaban J connectivity index is 1.71. The van der Waals surface area contributed by atoms with Gasteiger partial charge in [-0.15, -0.1) is 0 Å². The van der Waals surface area contributed by atoms with Gasteiger partial charge < -0.3 is 0 Å². The van der Waals surface area contributed by atoms with Crippen molar-refractivity contribution in [3.63, 3.8) is 0 Å². The number of nitrogens with two attached hydrogens (primary N) is 1. The van der Waals surface area contributed by atoms with Gasteiger partial charge in [0, 0.05) is 6.20 Å². The van der Waals surface area contributed by atoms with Gasteiger partial charge in [-0.1, -0.05) is 54.6 Å². The minimum atomic E-state index is -3.75. The van der Waals surface area contributed by atoms with Gasteiger partial charge in [-0.2, -0.15) is 5.10 Å². The minimum absolute atomic E-state index is 0.0414. The second-order valence-electron chi connectivity index (χ2n) is 5.68. The number of hydrazone groups is 1. The fourth-order valence-corrected chi connectivity index (χ4v) is 2.81. The lowest BCUT2D eigenvalue weighted by atomic mass is 10.0. The number of aromatic nitrogens is 1. The summed E-state index contributed by atoms with van der Waals surface area (Å²) in [6, 6.07) is 21.1. The molecule has 26 heavy (non-hydrogen) atoms. The number of sulfonamides is 1. The SMILES string of the molecule is C/C(=N\Nc1ccc(S(N)(=O)=O)cn1)c1ccc(-c2ccccc2)cc1. The molecule has 0 aliphatic carbocycles. The number of rotatable bonds is 5. The zero-order valence-corrected chi connectivity index (χ0v) is 14.9. The van der Waals surface area contributed by atoms with Gasteiger partial charge in [0.2, 0.25) is 10.0 Å². The summed E-state index contributed by atoms with van der Waals surface area (Å²) in [4.78, 5) is 3.95. The Morgan fingerprint density at radius 3 is 2.19 bits per heavy atom. The fraction of sp³-hybridized carbons (Fsp3) is 0.0526. The molecule has 0 radical (unpaired) electrons. The summed E-state index contributed by atoms with van der Waals surface area (Å²) in [5, 5.41) is 9.33. The molecule has 0 amide bonds. The van der Waals surface area contributed by atoms with E-state index in [1.807, 2.05) is 49.4 Å². The maximum Gasteiger partial charge on any atom is 0.239 e. The average molecular weight is 366 g/mol. The monoisotopic (exact) mass is 366 g/mol. The Hall–Kier alpha value is -3.03. The van der Waals surface area contributed by atoms with E-state index in [1.54, 1.807) is 0 Å². The maximum atomic E-state index is 11.2. The Kier molecular flexibility index (Phi) is 5.11. The molecule has 2 aromatic carbocycles. The van der Waals surface area contributed by atoms with Crippen molar-refractivity contribution in [1.29, 1.82) is 0 Å². The molecule has 0 saturated heterocycles. The first-order valence-electron chi connectivity index (χ1n) is 7.88. The Labute approximate surface area is 152 Å². The zero-order chi connectivity index (χ0) is 18.6. The number of primary sulfonamides is 1. The van der Waals surface area contributed by atoms with E-state index in [-0.39, 0.29) is 4.90 Å². The first-order valence-corrected chi connectivity index (χ1v) is 9.43. The molecule has 1 aromatic heterocycles. The van der Waals surface area contributed by atoms with Gasteiger partial charge in [-0.25, -0.2) is 18.5 Å². The maximum absolute atomic E-state index is 11.2. The smallest absolute Gasteiger partial charge is 0.239 e. The van der Waals surface area contributed by atoms with Crippen molar-refractivity contribution >= 4 is 21.6 Å². The van der Waals surface area contributed by atoms with Crippen LogP contribution in [0.2, 0.25) is 0 Å². The summed E-state index contributed by atoms with van der Waals surface area (Å²) in [7, 11) is -3.75. The largest absolute Gasteiger partial charge is 0.261 e. The number of benzene rings is 2. The first-order chi connectivity index (χ1) is 12.4. The van der Waals surface area contributed by atoms with Gasteiger partial charge in [-0.3, -0.25) is 5.43 Å². The molecule has 3 rings (SSSR count). The van der Waals surface area contributed by atoms with Crippen molar-refractivity contribution in [2.75, 3.05) is 5.43 Å². The number of hydrogen-bond donors (Lipinski definition) is 2. The van der Waals surface area contributed by atoms with Gasteiger partial charge in [-0.05, 0) is 35.7 Å². The molecule has 0 aliphatic rings. The fourth-order valence-electron chi connectivity index (χ4n) is 2.35. The van der Waals surface area contributed by atoms with Crippen LogP contribution in [0, 0.1) is 0 Å². The molecule has 6 nitrogen and oxygen atoms in total. The van der Waals surface area contributed by atoms with Crippen molar-refractivity contribution in [2.24, 2.45) is 10.2 Å². The molecule has 3 aromatic rings. The van der Waals surface area contributed by atoms with E-state index in [2.05, 4.69) is 27.6 Å². The van der Waals surface area contributed by atoms with Crippen LogP contribution in [-0.2, 0) is 10.0 Å². The van der Waals surface area contributed by atoms with Gasteiger partial charge in [0.15, 0.2) is 0 Å². The molecule has 0 spiro atoms.